The third kappa shape index (κ3) is 3.67. The van der Waals surface area contributed by atoms with E-state index >= 15 is 0 Å². The summed E-state index contributed by atoms with van der Waals surface area (Å²) in [5.74, 6) is 0.109. The molecule has 0 radical (unpaired) electrons. The molecular formula is C12H15F3N2O4S. The summed E-state index contributed by atoms with van der Waals surface area (Å²) in [5.41, 5.74) is -6.27. The lowest BCUT2D eigenvalue weighted by Gasteiger charge is -2.19. The fraction of sp³-hybridized carbons (Fsp3) is 0.500. The van der Waals surface area contributed by atoms with Crippen molar-refractivity contribution in [3.63, 3.8) is 0 Å². The second kappa shape index (κ2) is 6.11. The van der Waals surface area contributed by atoms with Gasteiger partial charge >= 0.3 is 5.51 Å². The van der Waals surface area contributed by atoms with Crippen molar-refractivity contribution in [3.8, 4) is 0 Å². The van der Waals surface area contributed by atoms with E-state index in [0.29, 0.717) is 12.1 Å². The molecule has 1 rings (SSSR count). The van der Waals surface area contributed by atoms with Crippen LogP contribution in [0.5, 0.6) is 0 Å². The number of benzene rings is 1. The standard InChI is InChI=1S/C12H15F3N2O4S/c1-7(2)8(3)16-10-5-4-9(6-11(10)17(18)19)22(20,21)12(13,14)15/h4-8,16H,1-3H3. The maximum atomic E-state index is 12.5. The summed E-state index contributed by atoms with van der Waals surface area (Å²) in [6.07, 6.45) is 0. The monoisotopic (exact) mass is 340 g/mol. The van der Waals surface area contributed by atoms with Crippen molar-refractivity contribution in [2.75, 3.05) is 5.32 Å². The van der Waals surface area contributed by atoms with E-state index < -0.39 is 30.9 Å². The Morgan fingerprint density at radius 2 is 1.77 bits per heavy atom. The highest BCUT2D eigenvalue weighted by Gasteiger charge is 2.47. The summed E-state index contributed by atoms with van der Waals surface area (Å²) in [7, 11) is -5.63. The van der Waals surface area contributed by atoms with E-state index in [9.17, 15) is 31.7 Å². The first-order chi connectivity index (χ1) is 9.87. The maximum Gasteiger partial charge on any atom is 0.501 e. The summed E-state index contributed by atoms with van der Waals surface area (Å²) in [6, 6.07) is 1.89. The summed E-state index contributed by atoms with van der Waals surface area (Å²) < 4.78 is 60.1. The zero-order valence-electron chi connectivity index (χ0n) is 12.0. The molecule has 0 saturated carbocycles. The molecule has 0 fully saturated rings. The fourth-order valence-electron chi connectivity index (χ4n) is 1.50. The number of hydrogen-bond acceptors (Lipinski definition) is 5. The summed E-state index contributed by atoms with van der Waals surface area (Å²) in [4.78, 5) is 8.91. The third-order valence-electron chi connectivity index (χ3n) is 3.16. The van der Waals surface area contributed by atoms with Gasteiger partial charge in [0.2, 0.25) is 0 Å². The molecule has 0 heterocycles. The number of nitrogens with zero attached hydrogens (tertiary/aromatic N) is 1. The van der Waals surface area contributed by atoms with Gasteiger partial charge in [0, 0.05) is 12.1 Å². The predicted molar refractivity (Wildman–Crippen MR) is 74.3 cm³/mol. The van der Waals surface area contributed by atoms with E-state index in [1.165, 1.54) is 0 Å². The van der Waals surface area contributed by atoms with Gasteiger partial charge in [-0.2, -0.15) is 13.2 Å². The molecule has 0 saturated heterocycles. The van der Waals surface area contributed by atoms with Gasteiger partial charge in [-0.05, 0) is 25.0 Å². The Bertz CT molecular complexity index is 671. The average Bonchev–Trinajstić information content (AvgIpc) is 2.37. The van der Waals surface area contributed by atoms with E-state index in [4.69, 9.17) is 0 Å². The zero-order chi connectivity index (χ0) is 17.3. The van der Waals surface area contributed by atoms with Crippen LogP contribution >= 0.6 is 0 Å². The van der Waals surface area contributed by atoms with E-state index in [-0.39, 0.29) is 17.6 Å². The van der Waals surface area contributed by atoms with Crippen molar-refractivity contribution in [2.45, 2.75) is 37.2 Å². The molecule has 0 aromatic heterocycles. The SMILES string of the molecule is CC(C)C(C)Nc1ccc(S(=O)(=O)C(F)(F)F)cc1[N+](=O)[O-]. The second-order valence-corrected chi connectivity index (χ2v) is 7.00. The van der Waals surface area contributed by atoms with Crippen LogP contribution in [0.3, 0.4) is 0 Å². The average molecular weight is 340 g/mol. The van der Waals surface area contributed by atoms with Gasteiger partial charge in [-0.1, -0.05) is 13.8 Å². The van der Waals surface area contributed by atoms with Crippen LogP contribution in [0, 0.1) is 16.0 Å². The van der Waals surface area contributed by atoms with Gasteiger partial charge in [-0.15, -0.1) is 0 Å². The van der Waals surface area contributed by atoms with E-state index in [2.05, 4.69) is 5.32 Å². The molecule has 1 atom stereocenters. The van der Waals surface area contributed by atoms with Gasteiger partial charge in [0.15, 0.2) is 0 Å². The topological polar surface area (TPSA) is 89.3 Å². The molecule has 0 amide bonds. The molecule has 1 N–H and O–H groups in total. The van der Waals surface area contributed by atoms with Crippen LogP contribution in [0.15, 0.2) is 23.1 Å². The lowest BCUT2D eigenvalue weighted by Crippen LogP contribution is -2.24. The number of nitro benzene ring substituents is 1. The second-order valence-electron chi connectivity index (χ2n) is 5.06. The molecule has 6 nitrogen and oxygen atoms in total. The van der Waals surface area contributed by atoms with Crippen molar-refractivity contribution < 1.29 is 26.5 Å². The van der Waals surface area contributed by atoms with Crippen LogP contribution in [-0.2, 0) is 9.84 Å². The molecule has 10 heteroatoms. The number of halogens is 3. The lowest BCUT2D eigenvalue weighted by atomic mass is 10.1. The molecule has 0 spiro atoms. The Morgan fingerprint density at radius 1 is 1.23 bits per heavy atom. The molecule has 22 heavy (non-hydrogen) atoms. The van der Waals surface area contributed by atoms with Crippen molar-refractivity contribution >= 4 is 21.2 Å². The van der Waals surface area contributed by atoms with E-state index in [0.717, 1.165) is 6.07 Å². The van der Waals surface area contributed by atoms with Crippen molar-refractivity contribution in [3.05, 3.63) is 28.3 Å². The smallest absolute Gasteiger partial charge is 0.377 e. The maximum absolute atomic E-state index is 12.5. The first-order valence-corrected chi connectivity index (χ1v) is 7.72. The van der Waals surface area contributed by atoms with Crippen LogP contribution in [0.4, 0.5) is 24.5 Å². The quantitative estimate of drug-likeness (QED) is 0.656. The normalized spacial score (nSPS) is 14.0. The molecule has 1 aromatic carbocycles. The number of nitrogens with one attached hydrogen (secondary N) is 1. The van der Waals surface area contributed by atoms with Crippen molar-refractivity contribution in [1.29, 1.82) is 0 Å². The minimum Gasteiger partial charge on any atom is -0.377 e. The molecule has 124 valence electrons. The molecular weight excluding hydrogens is 325 g/mol. The zero-order valence-corrected chi connectivity index (χ0v) is 12.8. The lowest BCUT2D eigenvalue weighted by molar-refractivity contribution is -0.384. The van der Waals surface area contributed by atoms with Gasteiger partial charge in [-0.25, -0.2) is 8.42 Å². The Hall–Kier alpha value is -1.84. The van der Waals surface area contributed by atoms with Crippen LogP contribution in [0.25, 0.3) is 0 Å². The first-order valence-electron chi connectivity index (χ1n) is 6.24. The first kappa shape index (κ1) is 18.2. The summed E-state index contributed by atoms with van der Waals surface area (Å²) in [5, 5.41) is 13.8. The largest absolute Gasteiger partial charge is 0.501 e. The molecule has 0 aliphatic heterocycles. The van der Waals surface area contributed by atoms with Crippen LogP contribution < -0.4 is 5.32 Å². The Morgan fingerprint density at radius 3 is 2.18 bits per heavy atom. The number of rotatable bonds is 5. The molecule has 1 aromatic rings. The number of anilines is 1. The highest BCUT2D eigenvalue weighted by molar-refractivity contribution is 7.92. The van der Waals surface area contributed by atoms with Gasteiger partial charge in [-0.3, -0.25) is 10.1 Å². The van der Waals surface area contributed by atoms with Crippen molar-refractivity contribution in [2.24, 2.45) is 5.92 Å². The number of alkyl halides is 3. The van der Waals surface area contributed by atoms with Crippen LogP contribution in [-0.4, -0.2) is 24.9 Å². The third-order valence-corrected chi connectivity index (χ3v) is 4.65. The fourth-order valence-corrected chi connectivity index (χ4v) is 2.28. The number of sulfone groups is 1. The van der Waals surface area contributed by atoms with Crippen LogP contribution in [0.1, 0.15) is 20.8 Å². The van der Waals surface area contributed by atoms with Crippen LogP contribution in [0.2, 0.25) is 0 Å². The molecule has 0 bridgehead atoms. The van der Waals surface area contributed by atoms with Gasteiger partial charge in [0.1, 0.15) is 5.69 Å². The minimum atomic E-state index is -5.63. The number of nitro groups is 1. The molecule has 0 aliphatic carbocycles. The van der Waals surface area contributed by atoms with Gasteiger partial charge in [0.05, 0.1) is 9.82 Å². The minimum absolute atomic E-state index is 0.0349. The predicted octanol–water partition coefficient (Wildman–Crippen LogP) is 3.34. The van der Waals surface area contributed by atoms with E-state index in [1.54, 1.807) is 6.92 Å². The summed E-state index contributed by atoms with van der Waals surface area (Å²) in [6.45, 7) is 5.45. The van der Waals surface area contributed by atoms with E-state index in [1.807, 2.05) is 13.8 Å². The van der Waals surface area contributed by atoms with Crippen molar-refractivity contribution in [1.82, 2.24) is 0 Å². The Balaban J connectivity index is 3.36. The summed E-state index contributed by atoms with van der Waals surface area (Å²) >= 11 is 0. The highest BCUT2D eigenvalue weighted by Crippen LogP contribution is 2.35. The molecule has 0 aliphatic rings. The Kier molecular flexibility index (Phi) is 5.06. The Labute approximate surface area is 125 Å². The number of hydrogen-bond donors (Lipinski definition) is 1. The molecule has 1 unspecified atom stereocenters. The highest BCUT2D eigenvalue weighted by atomic mass is 32.2. The van der Waals surface area contributed by atoms with Gasteiger partial charge in [0.25, 0.3) is 15.5 Å². The van der Waals surface area contributed by atoms with Gasteiger partial charge < -0.3 is 5.32 Å².